The van der Waals surface area contributed by atoms with E-state index >= 15 is 0 Å². The normalized spacial score (nSPS) is 16.0. The number of hydrogen-bond donors (Lipinski definition) is 1. The molecule has 0 spiro atoms. The van der Waals surface area contributed by atoms with Gasteiger partial charge in [-0.05, 0) is 25.5 Å². The molecule has 1 fully saturated rings. The van der Waals surface area contributed by atoms with Gasteiger partial charge in [-0.25, -0.2) is 18.1 Å². The number of benzene rings is 1. The monoisotopic (exact) mass is 414 g/mol. The first-order chi connectivity index (χ1) is 14.0. The van der Waals surface area contributed by atoms with Gasteiger partial charge in [0.25, 0.3) is 15.9 Å². The summed E-state index contributed by atoms with van der Waals surface area (Å²) in [6.07, 6.45) is 4.78. The van der Waals surface area contributed by atoms with Gasteiger partial charge in [-0.15, -0.1) is 0 Å². The third kappa shape index (κ3) is 3.68. The van der Waals surface area contributed by atoms with Crippen LogP contribution in [0.4, 0.5) is 0 Å². The molecule has 152 valence electrons. The summed E-state index contributed by atoms with van der Waals surface area (Å²) in [6, 6.07) is 9.62. The third-order valence-corrected chi connectivity index (χ3v) is 6.90. The number of amides is 1. The van der Waals surface area contributed by atoms with Crippen molar-refractivity contribution in [1.29, 1.82) is 0 Å². The van der Waals surface area contributed by atoms with Crippen molar-refractivity contribution < 1.29 is 13.2 Å². The Hall–Kier alpha value is -2.98. The maximum absolute atomic E-state index is 13.1. The van der Waals surface area contributed by atoms with E-state index in [9.17, 15) is 13.2 Å². The molecule has 0 bridgehead atoms. The number of rotatable bonds is 4. The molecule has 9 nitrogen and oxygen atoms in total. The van der Waals surface area contributed by atoms with Crippen molar-refractivity contribution in [3.63, 3.8) is 0 Å². The van der Waals surface area contributed by atoms with Crippen LogP contribution in [0.1, 0.15) is 22.5 Å². The van der Waals surface area contributed by atoms with Gasteiger partial charge in [-0.1, -0.05) is 18.2 Å². The average Bonchev–Trinajstić information content (AvgIpc) is 3.33. The van der Waals surface area contributed by atoms with Gasteiger partial charge in [0.15, 0.2) is 5.03 Å². The predicted molar refractivity (Wildman–Crippen MR) is 106 cm³/mol. The van der Waals surface area contributed by atoms with Crippen molar-refractivity contribution in [1.82, 2.24) is 29.0 Å². The topological polar surface area (TPSA) is 104 Å². The van der Waals surface area contributed by atoms with E-state index in [0.29, 0.717) is 31.6 Å². The highest BCUT2D eigenvalue weighted by atomic mass is 32.2. The van der Waals surface area contributed by atoms with Crippen molar-refractivity contribution in [2.24, 2.45) is 0 Å². The molecule has 2 aromatic heterocycles. The van der Waals surface area contributed by atoms with E-state index in [0.717, 1.165) is 11.4 Å². The molecule has 3 aromatic rings. The second-order valence-electron chi connectivity index (χ2n) is 6.86. The number of imidazole rings is 1. The first-order valence-corrected chi connectivity index (χ1v) is 10.8. The molecular weight excluding hydrogens is 392 g/mol. The Morgan fingerprint density at radius 2 is 1.86 bits per heavy atom. The van der Waals surface area contributed by atoms with Crippen LogP contribution in [0.25, 0.3) is 5.69 Å². The largest absolute Gasteiger partial charge is 0.337 e. The first-order valence-electron chi connectivity index (χ1n) is 9.36. The number of sulfonamides is 1. The van der Waals surface area contributed by atoms with Crippen LogP contribution < -0.4 is 0 Å². The van der Waals surface area contributed by atoms with Crippen LogP contribution in [0.15, 0.2) is 54.1 Å². The van der Waals surface area contributed by atoms with Crippen molar-refractivity contribution in [3.05, 3.63) is 60.3 Å². The van der Waals surface area contributed by atoms with Gasteiger partial charge in [0.2, 0.25) is 0 Å². The summed E-state index contributed by atoms with van der Waals surface area (Å²) >= 11 is 0. The Morgan fingerprint density at radius 3 is 2.59 bits per heavy atom. The van der Waals surface area contributed by atoms with Crippen LogP contribution >= 0.6 is 0 Å². The number of aromatic nitrogens is 4. The van der Waals surface area contributed by atoms with Crippen LogP contribution in [0.2, 0.25) is 0 Å². The van der Waals surface area contributed by atoms with Crippen molar-refractivity contribution in [2.75, 3.05) is 26.2 Å². The summed E-state index contributed by atoms with van der Waals surface area (Å²) in [6.45, 7) is 3.26. The smallest absolute Gasteiger partial charge is 0.260 e. The van der Waals surface area contributed by atoms with Gasteiger partial charge in [0, 0.05) is 26.2 Å². The molecule has 1 N–H and O–H groups in total. The average molecular weight is 414 g/mol. The highest BCUT2D eigenvalue weighted by Gasteiger charge is 2.30. The van der Waals surface area contributed by atoms with Crippen LogP contribution in [0, 0.1) is 6.92 Å². The number of H-pyrrole nitrogens is 1. The quantitative estimate of drug-likeness (QED) is 0.696. The van der Waals surface area contributed by atoms with Crippen LogP contribution in [-0.4, -0.2) is 69.5 Å². The fourth-order valence-electron chi connectivity index (χ4n) is 3.48. The lowest BCUT2D eigenvalue weighted by atomic mass is 10.2. The molecule has 0 atom stereocenters. The van der Waals surface area contributed by atoms with E-state index in [1.165, 1.54) is 16.8 Å². The lowest BCUT2D eigenvalue weighted by Gasteiger charge is -2.21. The lowest BCUT2D eigenvalue weighted by molar-refractivity contribution is 0.0763. The number of hydrogen-bond acceptors (Lipinski definition) is 5. The van der Waals surface area contributed by atoms with Gasteiger partial charge < -0.3 is 9.88 Å². The van der Waals surface area contributed by atoms with Gasteiger partial charge in [-0.3, -0.25) is 4.79 Å². The van der Waals surface area contributed by atoms with E-state index in [1.54, 1.807) is 15.8 Å². The number of carbonyl (C=O) groups excluding carboxylic acids is 1. The van der Waals surface area contributed by atoms with Gasteiger partial charge >= 0.3 is 0 Å². The van der Waals surface area contributed by atoms with E-state index in [1.807, 2.05) is 37.3 Å². The van der Waals surface area contributed by atoms with Crippen LogP contribution in [0.3, 0.4) is 0 Å². The Kier molecular flexibility index (Phi) is 5.20. The number of nitrogens with zero attached hydrogens (tertiary/aromatic N) is 5. The summed E-state index contributed by atoms with van der Waals surface area (Å²) in [4.78, 5) is 21.2. The Labute approximate surface area is 169 Å². The molecule has 1 aliphatic heterocycles. The third-order valence-electron chi connectivity index (χ3n) is 5.07. The Morgan fingerprint density at radius 1 is 1.07 bits per heavy atom. The maximum Gasteiger partial charge on any atom is 0.260 e. The Balaban J connectivity index is 1.50. The van der Waals surface area contributed by atoms with E-state index < -0.39 is 10.0 Å². The minimum Gasteiger partial charge on any atom is -0.337 e. The Bertz CT molecular complexity index is 1090. The minimum absolute atomic E-state index is 0.0669. The van der Waals surface area contributed by atoms with Crippen LogP contribution in [0.5, 0.6) is 0 Å². The number of aromatic amines is 1. The molecule has 1 aromatic carbocycles. The standard InChI is InChI=1S/C19H22N6O3S/c1-15-17(12-22-25(15)16-6-3-2-4-7-16)19(26)23-8-5-9-24(11-10-23)29(27,28)18-13-20-14-21-18/h2-4,6-7,12-14H,5,8-11H2,1H3,(H,20,21). The minimum atomic E-state index is -3.64. The zero-order chi connectivity index (χ0) is 20.4. The molecule has 4 rings (SSSR count). The van der Waals surface area contributed by atoms with Gasteiger partial charge in [0.05, 0.1) is 35.7 Å². The summed E-state index contributed by atoms with van der Waals surface area (Å²) in [5.74, 6) is -0.134. The first kappa shape index (κ1) is 19.3. The van der Waals surface area contributed by atoms with E-state index in [-0.39, 0.29) is 17.5 Å². The molecule has 3 heterocycles. The molecule has 29 heavy (non-hydrogen) atoms. The second-order valence-corrected chi connectivity index (χ2v) is 8.76. The zero-order valence-electron chi connectivity index (χ0n) is 16.0. The zero-order valence-corrected chi connectivity index (χ0v) is 16.8. The fraction of sp³-hybridized carbons (Fsp3) is 0.316. The molecule has 10 heteroatoms. The molecule has 1 saturated heterocycles. The summed E-state index contributed by atoms with van der Waals surface area (Å²) < 4.78 is 28.5. The molecule has 0 aliphatic carbocycles. The van der Waals surface area contributed by atoms with Gasteiger partial charge in [-0.2, -0.15) is 9.40 Å². The number of para-hydroxylation sites is 1. The second kappa shape index (κ2) is 7.80. The van der Waals surface area contributed by atoms with E-state index in [2.05, 4.69) is 15.1 Å². The van der Waals surface area contributed by atoms with E-state index in [4.69, 9.17) is 0 Å². The molecule has 0 saturated carbocycles. The number of carbonyl (C=O) groups is 1. The molecule has 1 aliphatic rings. The summed E-state index contributed by atoms with van der Waals surface area (Å²) in [7, 11) is -3.64. The van der Waals surface area contributed by atoms with Gasteiger partial charge in [0.1, 0.15) is 0 Å². The number of nitrogens with one attached hydrogen (secondary N) is 1. The summed E-state index contributed by atoms with van der Waals surface area (Å²) in [5.41, 5.74) is 2.17. The fourth-order valence-corrected chi connectivity index (χ4v) is 4.85. The maximum atomic E-state index is 13.1. The highest BCUT2D eigenvalue weighted by Crippen LogP contribution is 2.19. The van der Waals surface area contributed by atoms with Crippen molar-refractivity contribution in [2.45, 2.75) is 18.4 Å². The molecule has 0 radical (unpaired) electrons. The van der Waals surface area contributed by atoms with Crippen molar-refractivity contribution >= 4 is 15.9 Å². The lowest BCUT2D eigenvalue weighted by Crippen LogP contribution is -2.37. The molecule has 1 amide bonds. The predicted octanol–water partition coefficient (Wildman–Crippen LogP) is 1.44. The highest BCUT2D eigenvalue weighted by molar-refractivity contribution is 7.89. The SMILES string of the molecule is Cc1c(C(=O)N2CCCN(S(=O)(=O)c3cnc[nH]3)CC2)cnn1-c1ccccc1. The summed E-state index contributed by atoms with van der Waals surface area (Å²) in [5, 5.41) is 4.43. The molecular formula is C19H22N6O3S. The van der Waals surface area contributed by atoms with Crippen molar-refractivity contribution in [3.8, 4) is 5.69 Å². The van der Waals surface area contributed by atoms with Crippen LogP contribution in [-0.2, 0) is 10.0 Å². The molecule has 0 unspecified atom stereocenters.